The first kappa shape index (κ1) is 29.0. The summed E-state index contributed by atoms with van der Waals surface area (Å²) in [7, 11) is 2.08. The minimum atomic E-state index is -1.92. The van der Waals surface area contributed by atoms with Crippen LogP contribution in [0.4, 0.5) is 11.5 Å². The molecule has 0 aliphatic carbocycles. The average molecular weight is 553 g/mol. The van der Waals surface area contributed by atoms with Crippen molar-refractivity contribution in [2.75, 3.05) is 24.3 Å². The Morgan fingerprint density at radius 1 is 0.900 bits per heavy atom. The van der Waals surface area contributed by atoms with E-state index >= 15 is 0 Å². The van der Waals surface area contributed by atoms with Crippen LogP contribution < -0.4 is 14.6 Å². The summed E-state index contributed by atoms with van der Waals surface area (Å²) in [4.78, 5) is 24.8. The van der Waals surface area contributed by atoms with Crippen molar-refractivity contribution in [3.05, 3.63) is 90.1 Å². The highest BCUT2D eigenvalue weighted by Gasteiger charge is 2.38. The minimum absolute atomic E-state index is 0.117. The van der Waals surface area contributed by atoms with Crippen LogP contribution in [0.3, 0.4) is 0 Å². The predicted octanol–water partition coefficient (Wildman–Crippen LogP) is 7.75. The van der Waals surface area contributed by atoms with Crippen LogP contribution >= 0.6 is 0 Å². The van der Waals surface area contributed by atoms with Crippen molar-refractivity contribution in [2.24, 2.45) is 0 Å². The Morgan fingerprint density at radius 2 is 1.50 bits per heavy atom. The van der Waals surface area contributed by atoms with E-state index < -0.39 is 8.32 Å². The van der Waals surface area contributed by atoms with Crippen LogP contribution in [0, 0.1) is 6.92 Å². The highest BCUT2D eigenvalue weighted by Crippen LogP contribution is 2.37. The number of aryl methyl sites for hydroxylation is 1. The van der Waals surface area contributed by atoms with Gasteiger partial charge in [0.2, 0.25) is 14.2 Å². The standard InChI is InChI=1S/C33H40N4O2Si/c1-23-9-13-25(14-10-23)29-22-34-32(31(35-29)26-15-17-27(18-16-26)37(5)6)36-30(38)21-24-11-19-28(20-12-24)39-40(7,8)33(2,3)4/h9-20,22H,21H2,1-8H3,(H,34,36,38). The van der Waals surface area contributed by atoms with Crippen molar-refractivity contribution >= 4 is 25.7 Å². The summed E-state index contributed by atoms with van der Waals surface area (Å²) in [6.45, 7) is 13.2. The Kier molecular flexibility index (Phi) is 8.44. The fourth-order valence-electron chi connectivity index (χ4n) is 3.95. The molecule has 4 aromatic rings. The molecule has 0 atom stereocenters. The van der Waals surface area contributed by atoms with Crippen LogP contribution in [0.15, 0.2) is 79.0 Å². The van der Waals surface area contributed by atoms with Crippen LogP contribution in [0.5, 0.6) is 5.75 Å². The second-order valence-electron chi connectivity index (χ2n) is 12.0. The van der Waals surface area contributed by atoms with Crippen molar-refractivity contribution in [3.63, 3.8) is 0 Å². The molecule has 0 radical (unpaired) electrons. The highest BCUT2D eigenvalue weighted by atomic mass is 28.4. The molecule has 6 nitrogen and oxygen atoms in total. The van der Waals surface area contributed by atoms with Gasteiger partial charge in [-0.05, 0) is 54.9 Å². The van der Waals surface area contributed by atoms with E-state index in [9.17, 15) is 4.79 Å². The minimum Gasteiger partial charge on any atom is -0.544 e. The molecule has 0 spiro atoms. The molecule has 0 unspecified atom stereocenters. The summed E-state index contributed by atoms with van der Waals surface area (Å²) >= 11 is 0. The van der Waals surface area contributed by atoms with Gasteiger partial charge in [0.1, 0.15) is 11.4 Å². The van der Waals surface area contributed by atoms with Crippen LogP contribution in [-0.2, 0) is 11.2 Å². The van der Waals surface area contributed by atoms with Gasteiger partial charge in [0.05, 0.1) is 18.3 Å². The van der Waals surface area contributed by atoms with Crippen molar-refractivity contribution in [1.82, 2.24) is 9.97 Å². The van der Waals surface area contributed by atoms with Crippen LogP contribution in [0.1, 0.15) is 31.9 Å². The van der Waals surface area contributed by atoms with Gasteiger partial charge >= 0.3 is 0 Å². The molecule has 1 N–H and O–H groups in total. The van der Waals surface area contributed by atoms with E-state index in [1.54, 1.807) is 6.20 Å². The van der Waals surface area contributed by atoms with Crippen molar-refractivity contribution < 1.29 is 9.22 Å². The van der Waals surface area contributed by atoms with E-state index in [0.717, 1.165) is 33.8 Å². The van der Waals surface area contributed by atoms with Gasteiger partial charge in [-0.15, -0.1) is 0 Å². The fraction of sp³-hybridized carbons (Fsp3) is 0.303. The average Bonchev–Trinajstić information content (AvgIpc) is 2.90. The Hall–Kier alpha value is -3.97. The highest BCUT2D eigenvalue weighted by molar-refractivity contribution is 6.74. The van der Waals surface area contributed by atoms with Crippen LogP contribution in [-0.4, -0.2) is 38.3 Å². The van der Waals surface area contributed by atoms with Gasteiger partial charge < -0.3 is 14.6 Å². The van der Waals surface area contributed by atoms with E-state index in [4.69, 9.17) is 9.41 Å². The number of aromatic nitrogens is 2. The molecule has 0 aliphatic heterocycles. The molecular weight excluding hydrogens is 512 g/mol. The zero-order valence-electron chi connectivity index (χ0n) is 24.9. The third-order valence-electron chi connectivity index (χ3n) is 7.50. The maximum atomic E-state index is 13.1. The summed E-state index contributed by atoms with van der Waals surface area (Å²) in [6.07, 6.45) is 1.94. The zero-order chi connectivity index (χ0) is 29.1. The molecule has 0 saturated heterocycles. The molecule has 40 heavy (non-hydrogen) atoms. The van der Waals surface area contributed by atoms with E-state index in [1.807, 2.05) is 79.7 Å². The number of benzene rings is 3. The number of anilines is 2. The number of hydrogen-bond acceptors (Lipinski definition) is 5. The third kappa shape index (κ3) is 6.96. The molecule has 1 aromatic heterocycles. The van der Waals surface area contributed by atoms with Crippen LogP contribution in [0.2, 0.25) is 18.1 Å². The summed E-state index contributed by atoms with van der Waals surface area (Å²) in [5.41, 5.74) is 6.41. The Morgan fingerprint density at radius 3 is 2.08 bits per heavy atom. The predicted molar refractivity (Wildman–Crippen MR) is 169 cm³/mol. The number of carbonyl (C=O) groups is 1. The first-order valence-electron chi connectivity index (χ1n) is 13.6. The third-order valence-corrected chi connectivity index (χ3v) is 11.9. The zero-order valence-corrected chi connectivity index (χ0v) is 25.9. The monoisotopic (exact) mass is 552 g/mol. The van der Waals surface area contributed by atoms with E-state index in [-0.39, 0.29) is 17.4 Å². The molecule has 1 heterocycles. The van der Waals surface area contributed by atoms with E-state index in [1.165, 1.54) is 5.56 Å². The Balaban J connectivity index is 1.56. The number of rotatable bonds is 8. The lowest BCUT2D eigenvalue weighted by Gasteiger charge is -2.36. The second kappa shape index (κ2) is 11.6. The van der Waals surface area contributed by atoms with Crippen molar-refractivity contribution in [2.45, 2.75) is 52.2 Å². The normalized spacial score (nSPS) is 11.7. The number of carbonyl (C=O) groups excluding carboxylic acids is 1. The summed E-state index contributed by atoms with van der Waals surface area (Å²) < 4.78 is 6.38. The molecular formula is C33H40N4O2Si. The number of nitrogens with zero attached hydrogens (tertiary/aromatic N) is 3. The summed E-state index contributed by atoms with van der Waals surface area (Å²) in [5.74, 6) is 1.13. The molecule has 7 heteroatoms. The molecule has 0 saturated carbocycles. The van der Waals surface area contributed by atoms with E-state index in [0.29, 0.717) is 11.5 Å². The molecule has 3 aromatic carbocycles. The molecule has 4 rings (SSSR count). The SMILES string of the molecule is Cc1ccc(-c2cnc(NC(=O)Cc3ccc(O[Si](C)(C)C(C)(C)C)cc3)c(-c3ccc(N(C)C)cc3)n2)cc1. The first-order chi connectivity index (χ1) is 18.8. The van der Waals surface area contributed by atoms with Gasteiger partial charge in [0.25, 0.3) is 0 Å². The summed E-state index contributed by atoms with van der Waals surface area (Å²) in [6, 6.07) is 24.1. The smallest absolute Gasteiger partial charge is 0.250 e. The molecule has 208 valence electrons. The Labute approximate surface area is 239 Å². The van der Waals surface area contributed by atoms with E-state index in [2.05, 4.69) is 63.2 Å². The molecule has 0 aliphatic rings. The van der Waals surface area contributed by atoms with Gasteiger partial charge in [-0.1, -0.05) is 74.9 Å². The lowest BCUT2D eigenvalue weighted by Crippen LogP contribution is -2.43. The lowest BCUT2D eigenvalue weighted by atomic mass is 10.1. The number of amides is 1. The largest absolute Gasteiger partial charge is 0.544 e. The first-order valence-corrected chi connectivity index (χ1v) is 16.5. The summed E-state index contributed by atoms with van der Waals surface area (Å²) in [5, 5.41) is 3.13. The van der Waals surface area contributed by atoms with Gasteiger partial charge in [-0.25, -0.2) is 9.97 Å². The maximum Gasteiger partial charge on any atom is 0.250 e. The fourth-order valence-corrected chi connectivity index (χ4v) is 4.98. The quantitative estimate of drug-likeness (QED) is 0.226. The second-order valence-corrected chi connectivity index (χ2v) is 16.7. The molecule has 0 bridgehead atoms. The van der Waals surface area contributed by atoms with Gasteiger partial charge in [0.15, 0.2) is 5.82 Å². The Bertz CT molecular complexity index is 1460. The van der Waals surface area contributed by atoms with Gasteiger partial charge in [0, 0.05) is 30.9 Å². The maximum absolute atomic E-state index is 13.1. The van der Waals surface area contributed by atoms with Crippen molar-refractivity contribution in [3.8, 4) is 28.3 Å². The number of hydrogen-bond donors (Lipinski definition) is 1. The lowest BCUT2D eigenvalue weighted by molar-refractivity contribution is -0.115. The van der Waals surface area contributed by atoms with Crippen molar-refractivity contribution in [1.29, 1.82) is 0 Å². The van der Waals surface area contributed by atoms with Crippen LogP contribution in [0.25, 0.3) is 22.5 Å². The molecule has 0 fully saturated rings. The molecule has 1 amide bonds. The number of nitrogens with one attached hydrogen (secondary N) is 1. The van der Waals surface area contributed by atoms with Gasteiger partial charge in [-0.2, -0.15) is 0 Å². The van der Waals surface area contributed by atoms with Gasteiger partial charge in [-0.3, -0.25) is 4.79 Å². The topological polar surface area (TPSA) is 67.3 Å².